The van der Waals surface area contributed by atoms with E-state index in [2.05, 4.69) is 0 Å². The number of aromatic hydroxyl groups is 1. The van der Waals surface area contributed by atoms with Crippen LogP contribution in [0, 0.1) is 0 Å². The summed E-state index contributed by atoms with van der Waals surface area (Å²) < 4.78 is 0. The van der Waals surface area contributed by atoms with Gasteiger partial charge in [-0.1, -0.05) is 30.3 Å². The lowest BCUT2D eigenvalue weighted by molar-refractivity contribution is -0.138. The van der Waals surface area contributed by atoms with Crippen molar-refractivity contribution >= 4 is 16.7 Å². The summed E-state index contributed by atoms with van der Waals surface area (Å²) in [5.41, 5.74) is 6.34. The molecule has 2 rings (SSSR count). The van der Waals surface area contributed by atoms with Gasteiger partial charge >= 0.3 is 5.97 Å². The molecule has 0 saturated carbocycles. The molecule has 0 bridgehead atoms. The van der Waals surface area contributed by atoms with Crippen molar-refractivity contribution < 1.29 is 15.0 Å². The average Bonchev–Trinajstić information content (AvgIpc) is 2.33. The minimum atomic E-state index is -1.03. The molecule has 1 atom stereocenters. The molecule has 4 heteroatoms. The summed E-state index contributed by atoms with van der Waals surface area (Å²) in [4.78, 5) is 10.7. The second-order valence-electron chi connectivity index (χ2n) is 3.94. The first kappa shape index (κ1) is 11.4. The molecule has 0 aromatic heterocycles. The largest absolute Gasteiger partial charge is 0.507 e. The van der Waals surface area contributed by atoms with E-state index in [1.165, 1.54) is 0 Å². The van der Waals surface area contributed by atoms with Gasteiger partial charge in [0.15, 0.2) is 0 Å². The van der Waals surface area contributed by atoms with Crippen molar-refractivity contribution in [3.8, 4) is 5.75 Å². The number of aliphatic carboxylic acids is 1. The van der Waals surface area contributed by atoms with Crippen LogP contribution in [-0.4, -0.2) is 22.2 Å². The summed E-state index contributed by atoms with van der Waals surface area (Å²) in [7, 11) is 0. The second-order valence-corrected chi connectivity index (χ2v) is 3.94. The molecule has 17 heavy (non-hydrogen) atoms. The van der Waals surface area contributed by atoms with Crippen LogP contribution in [0.2, 0.25) is 0 Å². The number of rotatable bonds is 3. The van der Waals surface area contributed by atoms with E-state index in [0.29, 0.717) is 5.39 Å². The van der Waals surface area contributed by atoms with E-state index >= 15 is 0 Å². The minimum Gasteiger partial charge on any atom is -0.507 e. The van der Waals surface area contributed by atoms with Gasteiger partial charge in [-0.3, -0.25) is 4.79 Å². The van der Waals surface area contributed by atoms with Crippen molar-refractivity contribution in [2.45, 2.75) is 12.5 Å². The Morgan fingerprint density at radius 3 is 2.47 bits per heavy atom. The number of phenolic OH excluding ortho intramolecular Hbond substituents is 1. The van der Waals surface area contributed by atoms with E-state index in [4.69, 9.17) is 10.8 Å². The van der Waals surface area contributed by atoms with Gasteiger partial charge in [-0.15, -0.1) is 0 Å². The predicted molar refractivity (Wildman–Crippen MR) is 64.9 cm³/mol. The third kappa shape index (κ3) is 2.21. The Kier molecular flexibility index (Phi) is 2.97. The molecule has 0 fully saturated rings. The zero-order chi connectivity index (χ0) is 12.4. The first-order chi connectivity index (χ1) is 8.09. The topological polar surface area (TPSA) is 83.5 Å². The number of nitrogens with two attached hydrogens (primary N) is 1. The molecule has 0 unspecified atom stereocenters. The summed E-state index contributed by atoms with van der Waals surface area (Å²) in [5, 5.41) is 20.0. The van der Waals surface area contributed by atoms with Gasteiger partial charge in [0.05, 0.1) is 0 Å². The van der Waals surface area contributed by atoms with Gasteiger partial charge in [0.25, 0.3) is 0 Å². The maximum atomic E-state index is 10.7. The molecule has 0 amide bonds. The molecule has 4 nitrogen and oxygen atoms in total. The average molecular weight is 231 g/mol. The normalized spacial score (nSPS) is 12.5. The van der Waals surface area contributed by atoms with Gasteiger partial charge in [-0.2, -0.15) is 0 Å². The number of benzene rings is 2. The Morgan fingerprint density at radius 1 is 1.18 bits per heavy atom. The maximum absolute atomic E-state index is 10.7. The van der Waals surface area contributed by atoms with Crippen molar-refractivity contribution in [2.75, 3.05) is 0 Å². The Bertz CT molecular complexity index is 566. The Morgan fingerprint density at radius 2 is 1.82 bits per heavy atom. The molecular weight excluding hydrogens is 218 g/mol. The Hall–Kier alpha value is -2.07. The molecule has 0 saturated heterocycles. The van der Waals surface area contributed by atoms with Crippen LogP contribution in [0.1, 0.15) is 5.56 Å². The predicted octanol–water partition coefficient (Wildman–Crippen LogP) is 1.50. The van der Waals surface area contributed by atoms with Crippen LogP contribution in [-0.2, 0) is 11.2 Å². The molecule has 2 aromatic carbocycles. The highest BCUT2D eigenvalue weighted by Crippen LogP contribution is 2.27. The van der Waals surface area contributed by atoms with E-state index in [0.717, 1.165) is 10.9 Å². The van der Waals surface area contributed by atoms with Crippen LogP contribution in [0.5, 0.6) is 5.75 Å². The van der Waals surface area contributed by atoms with Gasteiger partial charge in [0, 0.05) is 5.39 Å². The van der Waals surface area contributed by atoms with Crippen LogP contribution in [0.3, 0.4) is 0 Å². The number of carbonyl (C=O) groups is 1. The highest BCUT2D eigenvalue weighted by atomic mass is 16.4. The van der Waals surface area contributed by atoms with E-state index in [-0.39, 0.29) is 12.2 Å². The SMILES string of the molecule is N[C@@H](Cc1ccc(O)c2ccccc12)C(=O)O. The fourth-order valence-corrected chi connectivity index (χ4v) is 1.85. The summed E-state index contributed by atoms with van der Waals surface area (Å²) >= 11 is 0. The fraction of sp³-hybridized carbons (Fsp3) is 0.154. The monoisotopic (exact) mass is 231 g/mol. The summed E-state index contributed by atoms with van der Waals surface area (Å²) in [6.45, 7) is 0. The molecule has 2 aromatic rings. The Labute approximate surface area is 98.3 Å². The first-order valence-corrected chi connectivity index (χ1v) is 5.27. The first-order valence-electron chi connectivity index (χ1n) is 5.27. The third-order valence-electron chi connectivity index (χ3n) is 2.75. The van der Waals surface area contributed by atoms with Gasteiger partial charge in [0.1, 0.15) is 11.8 Å². The quantitative estimate of drug-likeness (QED) is 0.747. The van der Waals surface area contributed by atoms with Crippen LogP contribution < -0.4 is 5.73 Å². The fourth-order valence-electron chi connectivity index (χ4n) is 1.85. The summed E-state index contributed by atoms with van der Waals surface area (Å²) in [5.74, 6) is -0.838. The highest BCUT2D eigenvalue weighted by molar-refractivity contribution is 5.91. The zero-order valence-corrected chi connectivity index (χ0v) is 9.13. The van der Waals surface area contributed by atoms with Crippen molar-refractivity contribution in [1.82, 2.24) is 0 Å². The number of phenols is 1. The smallest absolute Gasteiger partial charge is 0.320 e. The van der Waals surface area contributed by atoms with Crippen molar-refractivity contribution in [2.24, 2.45) is 5.73 Å². The van der Waals surface area contributed by atoms with Gasteiger partial charge in [-0.25, -0.2) is 0 Å². The molecular formula is C13H13NO3. The van der Waals surface area contributed by atoms with Crippen LogP contribution >= 0.6 is 0 Å². The van der Waals surface area contributed by atoms with Crippen molar-refractivity contribution in [3.63, 3.8) is 0 Å². The number of carboxylic acid groups (broad SMARTS) is 1. The molecule has 0 spiro atoms. The molecule has 0 radical (unpaired) electrons. The minimum absolute atomic E-state index is 0.188. The van der Waals surface area contributed by atoms with Gasteiger partial charge in [0.2, 0.25) is 0 Å². The van der Waals surface area contributed by atoms with Crippen molar-refractivity contribution in [1.29, 1.82) is 0 Å². The zero-order valence-electron chi connectivity index (χ0n) is 9.13. The van der Waals surface area contributed by atoms with Crippen LogP contribution in [0.4, 0.5) is 0 Å². The molecule has 0 aliphatic rings. The molecule has 0 aliphatic carbocycles. The summed E-state index contributed by atoms with van der Waals surface area (Å²) in [6, 6.07) is 9.65. The molecule has 4 N–H and O–H groups in total. The molecule has 88 valence electrons. The van der Waals surface area contributed by atoms with E-state index < -0.39 is 12.0 Å². The standard InChI is InChI=1S/C13H13NO3/c14-11(13(16)17)7-8-5-6-12(15)10-4-2-1-3-9(8)10/h1-6,11,15H,7,14H2,(H,16,17)/t11-/m0/s1. The lowest BCUT2D eigenvalue weighted by Gasteiger charge is -2.10. The van der Waals surface area contributed by atoms with Gasteiger partial charge < -0.3 is 15.9 Å². The second kappa shape index (κ2) is 4.43. The number of hydrogen-bond acceptors (Lipinski definition) is 3. The van der Waals surface area contributed by atoms with E-state index in [1.54, 1.807) is 18.2 Å². The highest BCUT2D eigenvalue weighted by Gasteiger charge is 2.14. The molecule has 0 heterocycles. The number of hydrogen-bond donors (Lipinski definition) is 3. The molecule has 0 aliphatic heterocycles. The van der Waals surface area contributed by atoms with Crippen molar-refractivity contribution in [3.05, 3.63) is 42.0 Å². The lowest BCUT2D eigenvalue weighted by Crippen LogP contribution is -2.32. The summed E-state index contributed by atoms with van der Waals surface area (Å²) in [6.07, 6.45) is 0.246. The van der Waals surface area contributed by atoms with E-state index in [1.807, 2.05) is 18.2 Å². The van der Waals surface area contributed by atoms with Crippen LogP contribution in [0.15, 0.2) is 36.4 Å². The Balaban J connectivity index is 2.48. The number of carboxylic acids is 1. The van der Waals surface area contributed by atoms with Gasteiger partial charge in [-0.05, 0) is 23.4 Å². The number of fused-ring (bicyclic) bond motifs is 1. The lowest BCUT2D eigenvalue weighted by atomic mass is 9.98. The third-order valence-corrected chi connectivity index (χ3v) is 2.75. The maximum Gasteiger partial charge on any atom is 0.320 e. The van der Waals surface area contributed by atoms with E-state index in [9.17, 15) is 9.90 Å². The van der Waals surface area contributed by atoms with Crippen LogP contribution in [0.25, 0.3) is 10.8 Å².